The average Bonchev–Trinajstić information content (AvgIpc) is 3.25. The van der Waals surface area contributed by atoms with Crippen molar-refractivity contribution in [2.75, 3.05) is 0 Å². The molecule has 0 aliphatic heterocycles. The molecule has 0 radical (unpaired) electrons. The van der Waals surface area contributed by atoms with E-state index in [4.69, 9.17) is 11.6 Å². The van der Waals surface area contributed by atoms with E-state index in [1.807, 2.05) is 6.07 Å². The van der Waals surface area contributed by atoms with Crippen molar-refractivity contribution >= 4 is 11.6 Å². The lowest BCUT2D eigenvalue weighted by Gasteiger charge is -2.13. The van der Waals surface area contributed by atoms with Crippen molar-refractivity contribution in [3.63, 3.8) is 0 Å². The zero-order valence-electron chi connectivity index (χ0n) is 11.7. The summed E-state index contributed by atoms with van der Waals surface area (Å²) in [6.45, 7) is 2.29. The van der Waals surface area contributed by atoms with Gasteiger partial charge in [0.05, 0.1) is 0 Å². The Labute approximate surface area is 127 Å². The molecule has 1 fully saturated rings. The number of nitrogens with one attached hydrogen (secondary N) is 1. The summed E-state index contributed by atoms with van der Waals surface area (Å²) in [6.07, 6.45) is 2.37. The Morgan fingerprint density at radius 3 is 2.57 bits per heavy atom. The van der Waals surface area contributed by atoms with Crippen LogP contribution in [0.15, 0.2) is 30.3 Å². The molecule has 1 nitrogen and oxygen atoms in total. The number of aryl methyl sites for hydroxylation is 1. The predicted octanol–water partition coefficient (Wildman–Crippen LogP) is 4.85. The molecule has 1 aliphatic carbocycles. The van der Waals surface area contributed by atoms with Crippen molar-refractivity contribution in [2.24, 2.45) is 0 Å². The fourth-order valence-corrected chi connectivity index (χ4v) is 2.53. The number of benzene rings is 2. The molecule has 1 saturated carbocycles. The van der Waals surface area contributed by atoms with Crippen molar-refractivity contribution in [3.05, 3.63) is 58.1 Å². The molecule has 0 heterocycles. The van der Waals surface area contributed by atoms with E-state index in [-0.39, 0.29) is 0 Å². The van der Waals surface area contributed by atoms with Gasteiger partial charge in [0, 0.05) is 29.2 Å². The van der Waals surface area contributed by atoms with Gasteiger partial charge < -0.3 is 5.32 Å². The van der Waals surface area contributed by atoms with Gasteiger partial charge in [-0.3, -0.25) is 0 Å². The molecule has 2 aromatic carbocycles. The predicted molar refractivity (Wildman–Crippen MR) is 81.4 cm³/mol. The largest absolute Gasteiger partial charge is 0.310 e. The maximum atomic E-state index is 14.1. The van der Waals surface area contributed by atoms with Gasteiger partial charge in [0.2, 0.25) is 0 Å². The molecular weight excluding hydrogens is 292 g/mol. The maximum Gasteiger partial charge on any atom is 0.133 e. The van der Waals surface area contributed by atoms with Crippen LogP contribution in [0.1, 0.15) is 24.0 Å². The van der Waals surface area contributed by atoms with E-state index in [0.717, 1.165) is 17.2 Å². The molecule has 4 heteroatoms. The van der Waals surface area contributed by atoms with Gasteiger partial charge >= 0.3 is 0 Å². The van der Waals surface area contributed by atoms with E-state index in [2.05, 4.69) is 5.32 Å². The van der Waals surface area contributed by atoms with E-state index < -0.39 is 11.6 Å². The summed E-state index contributed by atoms with van der Waals surface area (Å²) in [5.41, 5.74) is 2.50. The first-order valence-corrected chi connectivity index (χ1v) is 7.40. The van der Waals surface area contributed by atoms with Crippen molar-refractivity contribution in [3.8, 4) is 11.1 Å². The molecule has 0 saturated heterocycles. The SMILES string of the molecule is Cc1cc(-c2cc(Cl)ccc2CNC2CC2)c(F)cc1F. The number of rotatable bonds is 4. The third kappa shape index (κ3) is 3.25. The number of halogens is 3. The van der Waals surface area contributed by atoms with E-state index in [9.17, 15) is 8.78 Å². The van der Waals surface area contributed by atoms with Crippen LogP contribution < -0.4 is 5.32 Å². The van der Waals surface area contributed by atoms with Crippen LogP contribution in [0, 0.1) is 18.6 Å². The quantitative estimate of drug-likeness (QED) is 0.852. The molecule has 21 heavy (non-hydrogen) atoms. The Morgan fingerprint density at radius 1 is 1.10 bits per heavy atom. The van der Waals surface area contributed by atoms with Gasteiger partial charge in [0.25, 0.3) is 0 Å². The lowest BCUT2D eigenvalue weighted by atomic mass is 9.97. The van der Waals surface area contributed by atoms with E-state index in [1.54, 1.807) is 19.1 Å². The zero-order valence-corrected chi connectivity index (χ0v) is 12.5. The third-order valence-electron chi connectivity index (χ3n) is 3.77. The Morgan fingerprint density at radius 2 is 1.86 bits per heavy atom. The second-order valence-corrected chi connectivity index (χ2v) is 5.97. The molecule has 0 atom stereocenters. The van der Waals surface area contributed by atoms with Crippen LogP contribution in [-0.4, -0.2) is 6.04 Å². The fraction of sp³-hybridized carbons (Fsp3) is 0.294. The van der Waals surface area contributed by atoms with Crippen LogP contribution in [0.25, 0.3) is 11.1 Å². The number of hydrogen-bond acceptors (Lipinski definition) is 1. The number of hydrogen-bond donors (Lipinski definition) is 1. The highest BCUT2D eigenvalue weighted by Gasteiger charge is 2.21. The summed E-state index contributed by atoms with van der Waals surface area (Å²) in [5, 5.41) is 3.95. The Kier molecular flexibility index (Phi) is 3.96. The molecule has 0 bridgehead atoms. The minimum absolute atomic E-state index is 0.393. The second-order valence-electron chi connectivity index (χ2n) is 5.54. The Bertz CT molecular complexity index is 681. The molecule has 1 aliphatic rings. The van der Waals surface area contributed by atoms with Crippen LogP contribution >= 0.6 is 11.6 Å². The van der Waals surface area contributed by atoms with Gasteiger partial charge in [0.15, 0.2) is 0 Å². The molecule has 2 aromatic rings. The highest BCUT2D eigenvalue weighted by Crippen LogP contribution is 2.31. The van der Waals surface area contributed by atoms with Gasteiger partial charge in [-0.05, 0) is 54.7 Å². The molecule has 0 unspecified atom stereocenters. The molecule has 0 aromatic heterocycles. The van der Waals surface area contributed by atoms with Gasteiger partial charge in [-0.25, -0.2) is 8.78 Å². The zero-order chi connectivity index (χ0) is 15.0. The smallest absolute Gasteiger partial charge is 0.133 e. The van der Waals surface area contributed by atoms with Crippen molar-refractivity contribution < 1.29 is 8.78 Å². The van der Waals surface area contributed by atoms with E-state index in [0.29, 0.717) is 28.7 Å². The first kappa shape index (κ1) is 14.5. The first-order valence-electron chi connectivity index (χ1n) is 7.02. The highest BCUT2D eigenvalue weighted by molar-refractivity contribution is 6.30. The maximum absolute atomic E-state index is 14.1. The van der Waals surface area contributed by atoms with Crippen LogP contribution in [0.3, 0.4) is 0 Å². The normalized spacial score (nSPS) is 14.5. The average molecular weight is 308 g/mol. The summed E-state index contributed by atoms with van der Waals surface area (Å²) in [4.78, 5) is 0. The summed E-state index contributed by atoms with van der Waals surface area (Å²) in [6, 6.07) is 8.46. The summed E-state index contributed by atoms with van der Waals surface area (Å²) >= 11 is 6.05. The van der Waals surface area contributed by atoms with Gasteiger partial charge in [0.1, 0.15) is 11.6 Å². The van der Waals surface area contributed by atoms with Crippen molar-refractivity contribution in [1.82, 2.24) is 5.32 Å². The molecule has 3 rings (SSSR count). The van der Waals surface area contributed by atoms with Crippen molar-refractivity contribution in [1.29, 1.82) is 0 Å². The van der Waals surface area contributed by atoms with E-state index in [1.165, 1.54) is 18.9 Å². The Hall–Kier alpha value is -1.45. The van der Waals surface area contributed by atoms with Gasteiger partial charge in [-0.2, -0.15) is 0 Å². The second kappa shape index (κ2) is 5.74. The first-order chi connectivity index (χ1) is 10.0. The fourth-order valence-electron chi connectivity index (χ4n) is 2.36. The van der Waals surface area contributed by atoms with Crippen LogP contribution in [-0.2, 0) is 6.54 Å². The van der Waals surface area contributed by atoms with Crippen LogP contribution in [0.5, 0.6) is 0 Å². The molecular formula is C17H16ClF2N. The van der Waals surface area contributed by atoms with Crippen LogP contribution in [0.2, 0.25) is 5.02 Å². The lowest BCUT2D eigenvalue weighted by molar-refractivity contribution is 0.579. The molecule has 0 spiro atoms. The minimum Gasteiger partial charge on any atom is -0.310 e. The summed E-state index contributed by atoms with van der Waals surface area (Å²) in [7, 11) is 0. The van der Waals surface area contributed by atoms with E-state index >= 15 is 0 Å². The monoisotopic (exact) mass is 307 g/mol. The minimum atomic E-state index is -0.562. The third-order valence-corrected chi connectivity index (χ3v) is 4.00. The summed E-state index contributed by atoms with van der Waals surface area (Å²) < 4.78 is 27.6. The lowest BCUT2D eigenvalue weighted by Crippen LogP contribution is -2.16. The summed E-state index contributed by atoms with van der Waals surface area (Å²) in [5.74, 6) is -1.09. The molecule has 0 amide bonds. The molecule has 110 valence electrons. The highest BCUT2D eigenvalue weighted by atomic mass is 35.5. The van der Waals surface area contributed by atoms with Gasteiger partial charge in [-0.1, -0.05) is 17.7 Å². The van der Waals surface area contributed by atoms with Crippen LogP contribution in [0.4, 0.5) is 8.78 Å². The standard InChI is InChI=1S/C17H16ClF2N/c1-10-6-15(17(20)8-16(10)19)14-7-12(18)3-2-11(14)9-21-13-4-5-13/h2-3,6-8,13,21H,4-5,9H2,1H3. The topological polar surface area (TPSA) is 12.0 Å². The Balaban J connectivity index is 2.02. The van der Waals surface area contributed by atoms with Gasteiger partial charge in [-0.15, -0.1) is 0 Å². The van der Waals surface area contributed by atoms with Crippen molar-refractivity contribution in [2.45, 2.75) is 32.4 Å². The molecule has 1 N–H and O–H groups in total.